The van der Waals surface area contributed by atoms with Gasteiger partial charge in [0.1, 0.15) is 23.4 Å². The number of aliphatic hydroxyl groups is 1. The minimum atomic E-state index is -0.361. The van der Waals surface area contributed by atoms with Crippen LogP contribution in [0.4, 0.5) is 10.1 Å². The second-order valence-corrected chi connectivity index (χ2v) is 4.15. The number of hydrogen-bond donors (Lipinski definition) is 2. The predicted octanol–water partition coefficient (Wildman–Crippen LogP) is 2.09. The number of aliphatic hydroxyl groups excluding tert-OH is 1. The second-order valence-electron chi connectivity index (χ2n) is 4.15. The molecule has 1 aromatic carbocycles. The molecule has 17 heavy (non-hydrogen) atoms. The molecule has 0 bridgehead atoms. The van der Waals surface area contributed by atoms with Crippen molar-refractivity contribution in [2.75, 3.05) is 12.6 Å². The average Bonchev–Trinajstić information content (AvgIpc) is 2.68. The zero-order chi connectivity index (χ0) is 12.3. The van der Waals surface area contributed by atoms with Crippen LogP contribution in [0.25, 0.3) is 0 Å². The molecule has 4 nitrogen and oxygen atoms in total. The Hall–Kier alpha value is -1.33. The second kappa shape index (κ2) is 5.33. The molecule has 1 aromatic rings. The van der Waals surface area contributed by atoms with Crippen LogP contribution in [0.5, 0.6) is 5.75 Å². The fourth-order valence-corrected chi connectivity index (χ4v) is 1.99. The normalized spacial score (nSPS) is 23.7. The standard InChI is InChI=1S/C12H16FNO3/c1-16-14-11-5-2-8(13)6-12(11)17-10-4-3-9(15)7-10/h2,5-6,9-10,14-15H,3-4,7H2,1H3. The van der Waals surface area contributed by atoms with Gasteiger partial charge in [0.25, 0.3) is 0 Å². The molecule has 0 aromatic heterocycles. The maximum absolute atomic E-state index is 13.1. The fraction of sp³-hybridized carbons (Fsp3) is 0.500. The Balaban J connectivity index is 2.10. The van der Waals surface area contributed by atoms with E-state index in [-0.39, 0.29) is 18.0 Å². The van der Waals surface area contributed by atoms with Crippen molar-refractivity contribution >= 4 is 5.69 Å². The van der Waals surface area contributed by atoms with Gasteiger partial charge in [-0.2, -0.15) is 0 Å². The molecule has 1 aliphatic carbocycles. The van der Waals surface area contributed by atoms with Gasteiger partial charge in [0.2, 0.25) is 0 Å². The summed E-state index contributed by atoms with van der Waals surface area (Å²) in [6.45, 7) is 0. The summed E-state index contributed by atoms with van der Waals surface area (Å²) in [5.41, 5.74) is 3.21. The topological polar surface area (TPSA) is 50.7 Å². The Morgan fingerprint density at radius 1 is 1.41 bits per heavy atom. The van der Waals surface area contributed by atoms with Gasteiger partial charge in [-0.25, -0.2) is 4.39 Å². The quantitative estimate of drug-likeness (QED) is 0.792. The highest BCUT2D eigenvalue weighted by atomic mass is 19.1. The lowest BCUT2D eigenvalue weighted by molar-refractivity contribution is 0.149. The summed E-state index contributed by atoms with van der Waals surface area (Å²) in [5, 5.41) is 9.41. The van der Waals surface area contributed by atoms with E-state index >= 15 is 0 Å². The number of benzene rings is 1. The highest BCUT2D eigenvalue weighted by Gasteiger charge is 2.25. The Morgan fingerprint density at radius 3 is 2.88 bits per heavy atom. The third-order valence-corrected chi connectivity index (χ3v) is 2.81. The van der Waals surface area contributed by atoms with Crippen molar-refractivity contribution in [1.29, 1.82) is 0 Å². The molecule has 0 spiro atoms. The molecule has 2 unspecified atom stereocenters. The van der Waals surface area contributed by atoms with Crippen LogP contribution in [0.15, 0.2) is 18.2 Å². The minimum absolute atomic E-state index is 0.0655. The van der Waals surface area contributed by atoms with E-state index in [1.54, 1.807) is 6.07 Å². The molecule has 0 heterocycles. The van der Waals surface area contributed by atoms with E-state index in [1.165, 1.54) is 19.2 Å². The molecule has 0 radical (unpaired) electrons. The van der Waals surface area contributed by atoms with Crippen LogP contribution in [0.3, 0.4) is 0 Å². The van der Waals surface area contributed by atoms with Gasteiger partial charge in [0, 0.05) is 12.5 Å². The van der Waals surface area contributed by atoms with Crippen LogP contribution in [0.1, 0.15) is 19.3 Å². The summed E-state index contributed by atoms with van der Waals surface area (Å²) in [5.74, 6) is 0.0474. The zero-order valence-electron chi connectivity index (χ0n) is 9.65. The van der Waals surface area contributed by atoms with E-state index in [4.69, 9.17) is 9.57 Å². The number of rotatable bonds is 4. The molecule has 1 fully saturated rings. The first-order valence-electron chi connectivity index (χ1n) is 5.62. The van der Waals surface area contributed by atoms with Crippen LogP contribution in [0.2, 0.25) is 0 Å². The average molecular weight is 241 g/mol. The van der Waals surface area contributed by atoms with Gasteiger partial charge in [-0.15, -0.1) is 0 Å². The van der Waals surface area contributed by atoms with Crippen molar-refractivity contribution in [3.8, 4) is 5.75 Å². The number of anilines is 1. The molecule has 0 saturated heterocycles. The molecular weight excluding hydrogens is 225 g/mol. The number of halogens is 1. The molecule has 2 atom stereocenters. The van der Waals surface area contributed by atoms with Gasteiger partial charge in [-0.3, -0.25) is 10.3 Å². The highest BCUT2D eigenvalue weighted by Crippen LogP contribution is 2.30. The molecule has 0 aliphatic heterocycles. The van der Waals surface area contributed by atoms with Crippen LogP contribution in [0, 0.1) is 5.82 Å². The third-order valence-electron chi connectivity index (χ3n) is 2.81. The Labute approximate surface area is 99.3 Å². The first kappa shape index (κ1) is 12.1. The smallest absolute Gasteiger partial charge is 0.148 e. The van der Waals surface area contributed by atoms with E-state index in [1.807, 2.05) is 0 Å². The molecule has 1 aliphatic rings. The summed E-state index contributed by atoms with van der Waals surface area (Å²) in [4.78, 5) is 4.79. The lowest BCUT2D eigenvalue weighted by Crippen LogP contribution is -2.14. The summed E-state index contributed by atoms with van der Waals surface area (Å²) < 4.78 is 18.8. The molecule has 1 saturated carbocycles. The highest BCUT2D eigenvalue weighted by molar-refractivity contribution is 5.55. The maximum Gasteiger partial charge on any atom is 0.148 e. The van der Waals surface area contributed by atoms with Gasteiger partial charge in [-0.05, 0) is 25.0 Å². The van der Waals surface area contributed by atoms with Gasteiger partial charge in [0.15, 0.2) is 0 Å². The Morgan fingerprint density at radius 2 is 2.24 bits per heavy atom. The Kier molecular flexibility index (Phi) is 3.81. The van der Waals surface area contributed by atoms with E-state index in [0.717, 1.165) is 12.8 Å². The summed E-state index contributed by atoms with van der Waals surface area (Å²) in [7, 11) is 1.48. The maximum atomic E-state index is 13.1. The van der Waals surface area contributed by atoms with Crippen molar-refractivity contribution in [3.63, 3.8) is 0 Å². The predicted molar refractivity (Wildman–Crippen MR) is 61.3 cm³/mol. The lowest BCUT2D eigenvalue weighted by Gasteiger charge is -2.16. The molecule has 94 valence electrons. The summed E-state index contributed by atoms with van der Waals surface area (Å²) in [6.07, 6.45) is 1.72. The number of hydrogen-bond acceptors (Lipinski definition) is 4. The fourth-order valence-electron chi connectivity index (χ4n) is 1.99. The van der Waals surface area contributed by atoms with Crippen molar-refractivity contribution in [2.45, 2.75) is 31.5 Å². The molecule has 2 N–H and O–H groups in total. The van der Waals surface area contributed by atoms with Crippen LogP contribution in [-0.2, 0) is 4.84 Å². The molecular formula is C12H16FNO3. The zero-order valence-corrected chi connectivity index (χ0v) is 9.65. The number of nitrogens with one attached hydrogen (secondary N) is 1. The SMILES string of the molecule is CONc1ccc(F)cc1OC1CCC(O)C1. The van der Waals surface area contributed by atoms with E-state index in [2.05, 4.69) is 5.48 Å². The van der Waals surface area contributed by atoms with Crippen LogP contribution in [-0.4, -0.2) is 24.4 Å². The first-order valence-corrected chi connectivity index (χ1v) is 5.62. The molecule has 0 amide bonds. The minimum Gasteiger partial charge on any atom is -0.488 e. The van der Waals surface area contributed by atoms with Crippen molar-refractivity contribution in [2.24, 2.45) is 0 Å². The third kappa shape index (κ3) is 3.08. The van der Waals surface area contributed by atoms with Crippen LogP contribution < -0.4 is 10.2 Å². The van der Waals surface area contributed by atoms with E-state index < -0.39 is 0 Å². The van der Waals surface area contributed by atoms with Crippen molar-refractivity contribution in [1.82, 2.24) is 0 Å². The van der Waals surface area contributed by atoms with Crippen molar-refractivity contribution in [3.05, 3.63) is 24.0 Å². The number of ether oxygens (including phenoxy) is 1. The van der Waals surface area contributed by atoms with Crippen LogP contribution >= 0.6 is 0 Å². The molecule has 2 rings (SSSR count). The van der Waals surface area contributed by atoms with Gasteiger partial charge in [0.05, 0.1) is 13.2 Å². The Bertz CT molecular complexity index is 386. The lowest BCUT2D eigenvalue weighted by atomic mass is 10.2. The van der Waals surface area contributed by atoms with E-state index in [9.17, 15) is 9.50 Å². The van der Waals surface area contributed by atoms with Gasteiger partial charge < -0.3 is 9.84 Å². The monoisotopic (exact) mass is 241 g/mol. The van der Waals surface area contributed by atoms with Gasteiger partial charge >= 0.3 is 0 Å². The molecule has 5 heteroatoms. The summed E-state index contributed by atoms with van der Waals surface area (Å²) in [6, 6.07) is 4.20. The summed E-state index contributed by atoms with van der Waals surface area (Å²) >= 11 is 0. The first-order chi connectivity index (χ1) is 8.19. The van der Waals surface area contributed by atoms with E-state index in [0.29, 0.717) is 17.9 Å². The largest absolute Gasteiger partial charge is 0.488 e. The van der Waals surface area contributed by atoms with Gasteiger partial charge in [-0.1, -0.05) is 0 Å². The van der Waals surface area contributed by atoms with Crippen molar-refractivity contribution < 1.29 is 19.1 Å².